The minimum absolute atomic E-state index is 0.0380. The number of hydrogen-bond donors (Lipinski definition) is 0. The van der Waals surface area contributed by atoms with Gasteiger partial charge in [-0.2, -0.15) is 0 Å². The van der Waals surface area contributed by atoms with Gasteiger partial charge in [0.25, 0.3) is 5.56 Å². The van der Waals surface area contributed by atoms with Crippen LogP contribution < -0.4 is 10.3 Å². The molecule has 2 atom stereocenters. The van der Waals surface area contributed by atoms with Crippen LogP contribution in [0.4, 0.5) is 0 Å². The van der Waals surface area contributed by atoms with Gasteiger partial charge in [-0.05, 0) is 54.7 Å². The van der Waals surface area contributed by atoms with Crippen molar-refractivity contribution >= 4 is 29.1 Å². The second-order valence-electron chi connectivity index (χ2n) is 10.0. The first-order chi connectivity index (χ1) is 16.7. The average molecular weight is 495 g/mol. The Balaban J connectivity index is 1.49. The third-order valence-corrected chi connectivity index (χ3v) is 8.26. The van der Waals surface area contributed by atoms with E-state index in [1.54, 1.807) is 27.3 Å². The van der Waals surface area contributed by atoms with Crippen LogP contribution in [0.15, 0.2) is 47.3 Å². The molecular weight excluding hydrogens is 464 g/mol. The van der Waals surface area contributed by atoms with Crippen LogP contribution in [0.5, 0.6) is 5.75 Å². The Morgan fingerprint density at radius 3 is 2.31 bits per heavy atom. The van der Waals surface area contributed by atoms with Gasteiger partial charge in [-0.25, -0.2) is 0 Å². The number of benzene rings is 1. The van der Waals surface area contributed by atoms with Crippen LogP contribution in [0.1, 0.15) is 23.6 Å². The summed E-state index contributed by atoms with van der Waals surface area (Å²) >= 11 is 5.38. The smallest absolute Gasteiger partial charge is 0.250 e. The maximum Gasteiger partial charge on any atom is 0.250 e. The van der Waals surface area contributed by atoms with Crippen LogP contribution in [-0.2, 0) is 22.6 Å². The van der Waals surface area contributed by atoms with Crippen LogP contribution in [0, 0.1) is 11.3 Å². The molecule has 2 amide bonds. The number of fused-ring (bicyclic) bond motifs is 4. The number of carbonyl (C=O) groups is 2. The molecule has 0 saturated carbocycles. The number of methoxy groups -OCH3 is 1. The van der Waals surface area contributed by atoms with Gasteiger partial charge in [0.2, 0.25) is 11.8 Å². The predicted octanol–water partition coefficient (Wildman–Crippen LogP) is 1.72. The molecular formula is C26H30N4O4S. The van der Waals surface area contributed by atoms with Gasteiger partial charge in [-0.3, -0.25) is 24.2 Å². The number of piperidine rings is 1. The van der Waals surface area contributed by atoms with E-state index in [4.69, 9.17) is 17.0 Å². The lowest BCUT2D eigenvalue weighted by atomic mass is 9.75. The monoisotopic (exact) mass is 494 g/mol. The number of thiocarbonyl (C=S) groups is 1. The molecule has 0 radical (unpaired) electrons. The molecule has 3 aliphatic heterocycles. The van der Waals surface area contributed by atoms with Crippen LogP contribution in [0.25, 0.3) is 0 Å². The number of ether oxygens (including phenoxy) is 1. The molecule has 0 aliphatic carbocycles. The van der Waals surface area contributed by atoms with Gasteiger partial charge < -0.3 is 14.2 Å². The Bertz CT molecular complexity index is 1220. The highest BCUT2D eigenvalue weighted by molar-refractivity contribution is 7.80. The van der Waals surface area contributed by atoms with Crippen molar-refractivity contribution in [1.29, 1.82) is 0 Å². The average Bonchev–Trinajstić information content (AvgIpc) is 2.86. The molecule has 184 valence electrons. The van der Waals surface area contributed by atoms with Gasteiger partial charge in [-0.1, -0.05) is 18.2 Å². The molecule has 0 spiro atoms. The highest BCUT2D eigenvalue weighted by Crippen LogP contribution is 2.39. The largest absolute Gasteiger partial charge is 0.497 e. The summed E-state index contributed by atoms with van der Waals surface area (Å²) in [6, 6.07) is 13.0. The normalized spacial score (nSPS) is 23.9. The lowest BCUT2D eigenvalue weighted by Crippen LogP contribution is -2.67. The van der Waals surface area contributed by atoms with Crippen LogP contribution in [-0.4, -0.2) is 77.0 Å². The van der Waals surface area contributed by atoms with E-state index >= 15 is 0 Å². The summed E-state index contributed by atoms with van der Waals surface area (Å²) in [4.78, 5) is 45.1. The van der Waals surface area contributed by atoms with E-state index in [0.29, 0.717) is 25.6 Å². The molecule has 2 aromatic rings. The summed E-state index contributed by atoms with van der Waals surface area (Å²) in [7, 11) is 4.89. The summed E-state index contributed by atoms with van der Waals surface area (Å²) in [6.45, 7) is 2.40. The van der Waals surface area contributed by atoms with Crippen molar-refractivity contribution < 1.29 is 14.3 Å². The number of aromatic nitrogens is 1. The van der Waals surface area contributed by atoms with E-state index in [1.807, 2.05) is 41.0 Å². The number of rotatable bonds is 5. The molecule has 0 unspecified atom stereocenters. The van der Waals surface area contributed by atoms with Crippen LogP contribution in [0.3, 0.4) is 0 Å². The zero-order valence-electron chi connectivity index (χ0n) is 20.3. The highest BCUT2D eigenvalue weighted by atomic mass is 32.1. The zero-order chi connectivity index (χ0) is 24.9. The van der Waals surface area contributed by atoms with Crippen molar-refractivity contribution in [3.63, 3.8) is 0 Å². The van der Waals surface area contributed by atoms with E-state index < -0.39 is 5.41 Å². The fourth-order valence-corrected chi connectivity index (χ4v) is 6.24. The summed E-state index contributed by atoms with van der Waals surface area (Å²) in [5.41, 5.74) is 0.675. The van der Waals surface area contributed by atoms with Crippen molar-refractivity contribution in [2.75, 3.05) is 40.8 Å². The van der Waals surface area contributed by atoms with Crippen LogP contribution >= 0.6 is 12.2 Å². The van der Waals surface area contributed by atoms with E-state index in [9.17, 15) is 14.4 Å². The van der Waals surface area contributed by atoms with E-state index in [1.165, 1.54) is 9.80 Å². The van der Waals surface area contributed by atoms with Gasteiger partial charge in [0.1, 0.15) is 11.2 Å². The maximum absolute atomic E-state index is 13.8. The SMILES string of the molecule is COc1ccc(CC2(CN3C[C@H]4C[C@@H](C3)c3cccc(=O)n3C4)C(=O)N(C)C(=S)N(C)C2=O)cc1. The molecule has 8 nitrogen and oxygen atoms in total. The third kappa shape index (κ3) is 3.96. The Morgan fingerprint density at radius 1 is 0.971 bits per heavy atom. The van der Waals surface area contributed by atoms with Crippen LogP contribution in [0.2, 0.25) is 0 Å². The number of nitrogens with zero attached hydrogens (tertiary/aromatic N) is 4. The van der Waals surface area contributed by atoms with Crippen molar-refractivity contribution in [1.82, 2.24) is 19.3 Å². The van der Waals surface area contributed by atoms with Crippen molar-refractivity contribution in [2.24, 2.45) is 11.3 Å². The van der Waals surface area contributed by atoms with E-state index in [-0.39, 0.29) is 34.8 Å². The van der Waals surface area contributed by atoms with Gasteiger partial charge in [0, 0.05) is 58.0 Å². The van der Waals surface area contributed by atoms with Crippen molar-refractivity contribution in [2.45, 2.75) is 25.3 Å². The summed E-state index contributed by atoms with van der Waals surface area (Å²) in [5, 5.41) is 0.217. The molecule has 35 heavy (non-hydrogen) atoms. The molecule has 0 N–H and O–H groups in total. The first-order valence-corrected chi connectivity index (χ1v) is 12.3. The van der Waals surface area contributed by atoms with Gasteiger partial charge in [0.05, 0.1) is 7.11 Å². The fourth-order valence-electron chi connectivity index (χ4n) is 6.07. The van der Waals surface area contributed by atoms with E-state index in [0.717, 1.165) is 30.0 Å². The summed E-state index contributed by atoms with van der Waals surface area (Å²) in [6.07, 6.45) is 1.28. The second-order valence-corrected chi connectivity index (χ2v) is 10.4. The number of hydrogen-bond acceptors (Lipinski definition) is 6. The molecule has 1 aromatic heterocycles. The first-order valence-electron chi connectivity index (χ1n) is 11.9. The molecule has 1 aromatic carbocycles. The third-order valence-electron chi connectivity index (χ3n) is 7.72. The van der Waals surface area contributed by atoms with E-state index in [2.05, 4.69) is 4.90 Å². The molecule has 4 heterocycles. The lowest BCUT2D eigenvalue weighted by Gasteiger charge is -2.48. The maximum atomic E-state index is 13.8. The van der Waals surface area contributed by atoms with Gasteiger partial charge >= 0.3 is 0 Å². The van der Waals surface area contributed by atoms with Gasteiger partial charge in [-0.15, -0.1) is 0 Å². The Kier molecular flexibility index (Phi) is 6.01. The number of carbonyl (C=O) groups excluding carboxylic acids is 2. The molecule has 9 heteroatoms. The zero-order valence-corrected chi connectivity index (χ0v) is 21.1. The Hall–Kier alpha value is -3.04. The number of likely N-dealkylation sites (tertiary alicyclic amines) is 1. The minimum Gasteiger partial charge on any atom is -0.497 e. The fraction of sp³-hybridized carbons (Fsp3) is 0.462. The molecule has 2 saturated heterocycles. The Labute approximate surface area is 210 Å². The summed E-state index contributed by atoms with van der Waals surface area (Å²) < 4.78 is 7.16. The first kappa shape index (κ1) is 23.7. The summed E-state index contributed by atoms with van der Waals surface area (Å²) in [5.74, 6) is 0.671. The molecule has 3 aliphatic rings. The van der Waals surface area contributed by atoms with Crippen molar-refractivity contribution in [3.05, 3.63) is 64.1 Å². The second kappa shape index (κ2) is 8.87. The molecule has 5 rings (SSSR count). The Morgan fingerprint density at radius 2 is 1.66 bits per heavy atom. The molecule has 2 fully saturated rings. The standard InChI is InChI=1S/C26H30N4O4S/c1-27-23(32)26(24(33)28(2)25(27)35,12-17-7-9-20(34-3)10-8-17)16-29-13-18-11-19(15-29)21-5-4-6-22(31)30(21)14-18/h4-10,18-19H,11-16H2,1-3H3/t18-,19+/m1/s1. The quantitative estimate of drug-likeness (QED) is 0.466. The topological polar surface area (TPSA) is 75.1 Å². The molecule has 2 bridgehead atoms. The predicted molar refractivity (Wildman–Crippen MR) is 135 cm³/mol. The number of amides is 2. The lowest BCUT2D eigenvalue weighted by molar-refractivity contribution is -0.157. The minimum atomic E-state index is -1.29. The highest BCUT2D eigenvalue weighted by Gasteiger charge is 2.55. The number of pyridine rings is 1. The van der Waals surface area contributed by atoms with Gasteiger partial charge in [0.15, 0.2) is 5.11 Å². The van der Waals surface area contributed by atoms with Crippen molar-refractivity contribution in [3.8, 4) is 5.75 Å².